The molecule has 0 amide bonds. The molecule has 0 atom stereocenters. The summed E-state index contributed by atoms with van der Waals surface area (Å²) in [6.45, 7) is 13.3. The van der Waals surface area contributed by atoms with Crippen molar-refractivity contribution in [2.45, 2.75) is 52.9 Å². The predicted octanol–water partition coefficient (Wildman–Crippen LogP) is 4.07. The van der Waals surface area contributed by atoms with Crippen LogP contribution in [-0.2, 0) is 5.41 Å². The molecule has 0 aromatic carbocycles. The number of anilines is 1. The van der Waals surface area contributed by atoms with Crippen LogP contribution in [0.25, 0.3) is 0 Å². The van der Waals surface area contributed by atoms with E-state index in [1.54, 1.807) is 11.3 Å². The molecule has 0 saturated heterocycles. The Bertz CT molecular complexity index is 306. The van der Waals surface area contributed by atoms with Crippen molar-refractivity contribution in [2.75, 3.05) is 18.0 Å². The summed E-state index contributed by atoms with van der Waals surface area (Å²) in [4.78, 5) is 7.17. The quantitative estimate of drug-likeness (QED) is 0.771. The van der Waals surface area contributed by atoms with Crippen LogP contribution in [0.15, 0.2) is 5.38 Å². The van der Waals surface area contributed by atoms with E-state index >= 15 is 0 Å². The van der Waals surface area contributed by atoms with Crippen molar-refractivity contribution >= 4 is 16.5 Å². The second kappa shape index (κ2) is 5.67. The SMILES string of the molecule is CCCN(CCC)c1nc(C(C)(C)C)cs1. The lowest BCUT2D eigenvalue weighted by molar-refractivity contribution is 0.572. The fourth-order valence-corrected chi connectivity index (χ4v) is 2.70. The van der Waals surface area contributed by atoms with Gasteiger partial charge in [-0.25, -0.2) is 4.98 Å². The Hall–Kier alpha value is -0.570. The lowest BCUT2D eigenvalue weighted by atomic mass is 9.93. The van der Waals surface area contributed by atoms with Gasteiger partial charge in [-0.05, 0) is 12.8 Å². The fraction of sp³-hybridized carbons (Fsp3) is 0.769. The molecule has 0 aliphatic rings. The maximum absolute atomic E-state index is 4.76. The molecule has 0 aliphatic heterocycles. The number of hydrogen-bond donors (Lipinski definition) is 0. The van der Waals surface area contributed by atoms with Gasteiger partial charge >= 0.3 is 0 Å². The monoisotopic (exact) mass is 240 g/mol. The number of thiazole rings is 1. The predicted molar refractivity (Wildman–Crippen MR) is 73.6 cm³/mol. The van der Waals surface area contributed by atoms with Gasteiger partial charge in [-0.2, -0.15) is 0 Å². The average Bonchev–Trinajstić information content (AvgIpc) is 2.65. The first kappa shape index (κ1) is 13.5. The minimum atomic E-state index is 0.166. The molecule has 1 aromatic rings. The van der Waals surface area contributed by atoms with Gasteiger partial charge in [0.05, 0.1) is 5.69 Å². The van der Waals surface area contributed by atoms with Crippen LogP contribution in [0.5, 0.6) is 0 Å². The van der Waals surface area contributed by atoms with Gasteiger partial charge in [-0.15, -0.1) is 11.3 Å². The van der Waals surface area contributed by atoms with Gasteiger partial charge in [-0.1, -0.05) is 34.6 Å². The van der Waals surface area contributed by atoms with Crippen LogP contribution >= 0.6 is 11.3 Å². The Morgan fingerprint density at radius 3 is 2.12 bits per heavy atom. The van der Waals surface area contributed by atoms with Crippen molar-refractivity contribution in [1.29, 1.82) is 0 Å². The molecule has 92 valence electrons. The molecule has 0 unspecified atom stereocenters. The van der Waals surface area contributed by atoms with Crippen LogP contribution in [0.2, 0.25) is 0 Å². The number of aromatic nitrogens is 1. The summed E-state index contributed by atoms with van der Waals surface area (Å²) in [6, 6.07) is 0. The minimum Gasteiger partial charge on any atom is -0.348 e. The number of nitrogens with zero attached hydrogens (tertiary/aromatic N) is 2. The third-order valence-corrected chi connectivity index (χ3v) is 3.42. The lowest BCUT2D eigenvalue weighted by Crippen LogP contribution is -2.25. The Morgan fingerprint density at radius 1 is 1.19 bits per heavy atom. The Labute approximate surface area is 104 Å². The Balaban J connectivity index is 2.81. The standard InChI is InChI=1S/C13H24N2S/c1-6-8-15(9-7-2)12-14-11(10-16-12)13(3,4)5/h10H,6-9H2,1-5H3. The van der Waals surface area contributed by atoms with Crippen molar-refractivity contribution < 1.29 is 0 Å². The summed E-state index contributed by atoms with van der Waals surface area (Å²) in [5.41, 5.74) is 1.38. The van der Waals surface area contributed by atoms with Crippen LogP contribution < -0.4 is 4.90 Å². The second-order valence-electron chi connectivity index (χ2n) is 5.25. The van der Waals surface area contributed by atoms with E-state index in [2.05, 4.69) is 44.9 Å². The molecule has 3 heteroatoms. The van der Waals surface area contributed by atoms with Crippen LogP contribution in [0.3, 0.4) is 0 Å². The van der Waals surface area contributed by atoms with Crippen molar-refractivity contribution in [3.05, 3.63) is 11.1 Å². The first-order valence-electron chi connectivity index (χ1n) is 6.20. The molecule has 0 bridgehead atoms. The average molecular weight is 240 g/mol. The highest BCUT2D eigenvalue weighted by atomic mass is 32.1. The van der Waals surface area contributed by atoms with Crippen molar-refractivity contribution in [2.24, 2.45) is 0 Å². The summed E-state index contributed by atoms with van der Waals surface area (Å²) in [5, 5.41) is 3.39. The normalized spacial score (nSPS) is 11.8. The molecule has 1 heterocycles. The fourth-order valence-electron chi connectivity index (χ4n) is 1.60. The molecule has 16 heavy (non-hydrogen) atoms. The highest BCUT2D eigenvalue weighted by Crippen LogP contribution is 2.28. The molecule has 0 spiro atoms. The van der Waals surface area contributed by atoms with E-state index in [0.29, 0.717) is 0 Å². The zero-order chi connectivity index (χ0) is 12.2. The molecule has 0 radical (unpaired) electrons. The largest absolute Gasteiger partial charge is 0.348 e. The van der Waals surface area contributed by atoms with E-state index in [1.807, 2.05) is 0 Å². The second-order valence-corrected chi connectivity index (χ2v) is 6.09. The maximum Gasteiger partial charge on any atom is 0.185 e. The first-order chi connectivity index (χ1) is 7.49. The van der Waals surface area contributed by atoms with Gasteiger partial charge in [0.15, 0.2) is 5.13 Å². The molecule has 0 fully saturated rings. The van der Waals surface area contributed by atoms with E-state index in [4.69, 9.17) is 4.98 Å². The molecular weight excluding hydrogens is 216 g/mol. The lowest BCUT2D eigenvalue weighted by Gasteiger charge is -2.20. The van der Waals surface area contributed by atoms with Crippen molar-refractivity contribution in [3.63, 3.8) is 0 Å². The molecule has 1 rings (SSSR count). The Kier molecular flexibility index (Phi) is 4.78. The van der Waals surface area contributed by atoms with Crippen LogP contribution in [0, 0.1) is 0 Å². The van der Waals surface area contributed by atoms with E-state index in [9.17, 15) is 0 Å². The van der Waals surface area contributed by atoms with E-state index in [0.717, 1.165) is 13.1 Å². The third kappa shape index (κ3) is 3.48. The third-order valence-electron chi connectivity index (χ3n) is 2.52. The zero-order valence-electron chi connectivity index (χ0n) is 11.2. The summed E-state index contributed by atoms with van der Waals surface area (Å²) in [5.74, 6) is 0. The molecule has 0 aliphatic carbocycles. The summed E-state index contributed by atoms with van der Waals surface area (Å²) < 4.78 is 0. The van der Waals surface area contributed by atoms with Gasteiger partial charge in [-0.3, -0.25) is 0 Å². The highest BCUT2D eigenvalue weighted by Gasteiger charge is 2.19. The first-order valence-corrected chi connectivity index (χ1v) is 7.08. The van der Waals surface area contributed by atoms with Crippen molar-refractivity contribution in [1.82, 2.24) is 4.98 Å². The number of rotatable bonds is 5. The Morgan fingerprint density at radius 2 is 1.75 bits per heavy atom. The zero-order valence-corrected chi connectivity index (χ0v) is 12.0. The van der Waals surface area contributed by atoms with Gasteiger partial charge in [0.25, 0.3) is 0 Å². The maximum atomic E-state index is 4.76. The summed E-state index contributed by atoms with van der Waals surface area (Å²) >= 11 is 1.78. The van der Waals surface area contributed by atoms with Crippen LogP contribution in [0.1, 0.15) is 53.2 Å². The van der Waals surface area contributed by atoms with Gasteiger partial charge in [0, 0.05) is 23.9 Å². The molecule has 2 nitrogen and oxygen atoms in total. The molecule has 0 N–H and O–H groups in total. The van der Waals surface area contributed by atoms with Gasteiger partial charge < -0.3 is 4.90 Å². The molecule has 1 aromatic heterocycles. The van der Waals surface area contributed by atoms with Crippen LogP contribution in [-0.4, -0.2) is 18.1 Å². The molecule has 0 saturated carbocycles. The van der Waals surface area contributed by atoms with Gasteiger partial charge in [0.2, 0.25) is 0 Å². The van der Waals surface area contributed by atoms with Gasteiger partial charge in [0.1, 0.15) is 0 Å². The smallest absolute Gasteiger partial charge is 0.185 e. The highest BCUT2D eigenvalue weighted by molar-refractivity contribution is 7.13. The van der Waals surface area contributed by atoms with E-state index < -0.39 is 0 Å². The summed E-state index contributed by atoms with van der Waals surface area (Å²) in [7, 11) is 0. The van der Waals surface area contributed by atoms with Crippen LogP contribution in [0.4, 0.5) is 5.13 Å². The van der Waals surface area contributed by atoms with E-state index in [1.165, 1.54) is 23.7 Å². The number of hydrogen-bond acceptors (Lipinski definition) is 3. The topological polar surface area (TPSA) is 16.1 Å². The van der Waals surface area contributed by atoms with E-state index in [-0.39, 0.29) is 5.41 Å². The van der Waals surface area contributed by atoms with Crippen molar-refractivity contribution in [3.8, 4) is 0 Å². The summed E-state index contributed by atoms with van der Waals surface area (Å²) in [6.07, 6.45) is 2.37. The molecular formula is C13H24N2S. The minimum absolute atomic E-state index is 0.166.